The van der Waals surface area contributed by atoms with Gasteiger partial charge in [-0.25, -0.2) is 4.79 Å². The third-order valence-electron chi connectivity index (χ3n) is 6.58. The lowest BCUT2D eigenvalue weighted by molar-refractivity contribution is 0.0601. The first kappa shape index (κ1) is 22.5. The van der Waals surface area contributed by atoms with Crippen LogP contribution in [0, 0.1) is 11.3 Å². The van der Waals surface area contributed by atoms with Gasteiger partial charge in [-0.2, -0.15) is 0 Å². The van der Waals surface area contributed by atoms with Crippen molar-refractivity contribution in [3.8, 4) is 0 Å². The van der Waals surface area contributed by atoms with Crippen LogP contribution in [0.25, 0.3) is 0 Å². The average Bonchev–Trinajstić information content (AvgIpc) is 2.96. The number of aryl methyl sites for hydroxylation is 1. The van der Waals surface area contributed by atoms with Crippen molar-refractivity contribution in [2.45, 2.75) is 91.0 Å². The predicted molar refractivity (Wildman–Crippen MR) is 126 cm³/mol. The van der Waals surface area contributed by atoms with Gasteiger partial charge in [-0.15, -0.1) is 11.3 Å². The molecule has 29 heavy (non-hydrogen) atoms. The number of fused-ring (bicyclic) bond motifs is 1. The largest absolute Gasteiger partial charge is 0.465 e. The number of anilines is 1. The van der Waals surface area contributed by atoms with Crippen LogP contribution >= 0.6 is 23.6 Å². The van der Waals surface area contributed by atoms with Crippen LogP contribution in [0.2, 0.25) is 0 Å². The molecule has 0 bridgehead atoms. The molecule has 1 heterocycles. The Kier molecular flexibility index (Phi) is 7.60. The molecule has 162 valence electrons. The topological polar surface area (TPSA) is 50.4 Å². The van der Waals surface area contributed by atoms with Crippen LogP contribution < -0.4 is 10.6 Å². The van der Waals surface area contributed by atoms with Crippen molar-refractivity contribution in [1.29, 1.82) is 0 Å². The molecule has 6 heteroatoms. The second-order valence-corrected chi connectivity index (χ2v) is 11.1. The summed E-state index contributed by atoms with van der Waals surface area (Å²) in [6.07, 6.45) is 11.6. The highest BCUT2D eigenvalue weighted by atomic mass is 32.1. The molecular formula is C23H36N2O2S2. The van der Waals surface area contributed by atoms with E-state index < -0.39 is 0 Å². The Hall–Kier alpha value is -1.14. The molecule has 0 amide bonds. The van der Waals surface area contributed by atoms with Crippen LogP contribution in [0.5, 0.6) is 0 Å². The standard InChI is InChI=1S/C23H36N2O2S2/c1-23(2,3)15-11-13-16(14-12-15)24-22(28)25-20-19(21(26)27-4)17-9-7-5-6-8-10-18(17)29-20/h15-16H,5-14H2,1-4H3,(H2,24,25,28). The maximum absolute atomic E-state index is 12.5. The zero-order valence-corrected chi connectivity index (χ0v) is 20.0. The van der Waals surface area contributed by atoms with Gasteiger partial charge < -0.3 is 15.4 Å². The van der Waals surface area contributed by atoms with Gasteiger partial charge in [-0.3, -0.25) is 0 Å². The van der Waals surface area contributed by atoms with Gasteiger partial charge in [0.1, 0.15) is 5.00 Å². The third kappa shape index (κ3) is 5.72. The smallest absolute Gasteiger partial charge is 0.341 e. The fourth-order valence-electron chi connectivity index (χ4n) is 4.75. The van der Waals surface area contributed by atoms with Gasteiger partial charge in [-0.1, -0.05) is 33.6 Å². The number of esters is 1. The highest BCUT2D eigenvalue weighted by molar-refractivity contribution is 7.80. The Balaban J connectivity index is 1.67. The van der Waals surface area contributed by atoms with E-state index in [1.54, 1.807) is 11.3 Å². The molecule has 4 nitrogen and oxygen atoms in total. The molecule has 0 unspecified atom stereocenters. The molecule has 0 spiro atoms. The molecule has 2 aliphatic rings. The van der Waals surface area contributed by atoms with Gasteiger partial charge in [0.2, 0.25) is 0 Å². The molecule has 0 aromatic carbocycles. The summed E-state index contributed by atoms with van der Waals surface area (Å²) in [4.78, 5) is 13.9. The summed E-state index contributed by atoms with van der Waals surface area (Å²) < 4.78 is 5.11. The minimum Gasteiger partial charge on any atom is -0.465 e. The molecule has 2 aliphatic carbocycles. The van der Waals surface area contributed by atoms with Gasteiger partial charge in [-0.05, 0) is 80.5 Å². The highest BCUT2D eigenvalue weighted by Crippen LogP contribution is 2.39. The molecule has 1 saturated carbocycles. The molecule has 1 aromatic rings. The number of rotatable bonds is 3. The first-order chi connectivity index (χ1) is 13.8. The number of carbonyl (C=O) groups is 1. The van der Waals surface area contributed by atoms with Crippen molar-refractivity contribution in [2.24, 2.45) is 11.3 Å². The SMILES string of the molecule is COC(=O)c1c(NC(=S)NC2CCC(C(C)(C)C)CC2)sc2c1CCCCCC2. The van der Waals surface area contributed by atoms with E-state index in [0.717, 1.165) is 43.0 Å². The minimum atomic E-state index is -0.251. The summed E-state index contributed by atoms with van der Waals surface area (Å²) in [5, 5.41) is 8.33. The van der Waals surface area contributed by atoms with Gasteiger partial charge >= 0.3 is 5.97 Å². The highest BCUT2D eigenvalue weighted by Gasteiger charge is 2.30. The summed E-state index contributed by atoms with van der Waals surface area (Å²) in [6, 6.07) is 0.413. The maximum Gasteiger partial charge on any atom is 0.341 e. The van der Waals surface area contributed by atoms with E-state index >= 15 is 0 Å². The van der Waals surface area contributed by atoms with Crippen molar-refractivity contribution >= 4 is 39.6 Å². The summed E-state index contributed by atoms with van der Waals surface area (Å²) in [5.74, 6) is 0.531. The zero-order valence-electron chi connectivity index (χ0n) is 18.4. The van der Waals surface area contributed by atoms with E-state index in [1.807, 2.05) is 0 Å². The average molecular weight is 437 g/mol. The van der Waals surface area contributed by atoms with Gasteiger partial charge in [0.05, 0.1) is 12.7 Å². The number of methoxy groups -OCH3 is 1. The van der Waals surface area contributed by atoms with Crippen LogP contribution in [0.15, 0.2) is 0 Å². The lowest BCUT2D eigenvalue weighted by atomic mass is 9.71. The molecule has 1 fully saturated rings. The first-order valence-electron chi connectivity index (χ1n) is 11.1. The molecule has 0 radical (unpaired) electrons. The van der Waals surface area contributed by atoms with Crippen LogP contribution in [0.4, 0.5) is 5.00 Å². The van der Waals surface area contributed by atoms with Crippen molar-refractivity contribution < 1.29 is 9.53 Å². The van der Waals surface area contributed by atoms with Crippen molar-refractivity contribution in [3.63, 3.8) is 0 Å². The van der Waals surface area contributed by atoms with E-state index in [4.69, 9.17) is 17.0 Å². The van der Waals surface area contributed by atoms with E-state index in [9.17, 15) is 4.79 Å². The summed E-state index contributed by atoms with van der Waals surface area (Å²) in [5.41, 5.74) is 2.26. The molecule has 1 aromatic heterocycles. The lowest BCUT2D eigenvalue weighted by Gasteiger charge is -2.37. The summed E-state index contributed by atoms with van der Waals surface area (Å²) in [6.45, 7) is 7.03. The van der Waals surface area contributed by atoms with Crippen LogP contribution in [-0.2, 0) is 17.6 Å². The van der Waals surface area contributed by atoms with Crippen LogP contribution in [0.1, 0.15) is 92.9 Å². The normalized spacial score (nSPS) is 22.8. The fraction of sp³-hybridized carbons (Fsp3) is 0.739. The minimum absolute atomic E-state index is 0.251. The maximum atomic E-state index is 12.5. The molecule has 0 saturated heterocycles. The molecular weight excluding hydrogens is 400 g/mol. The van der Waals surface area contributed by atoms with Crippen molar-refractivity contribution in [1.82, 2.24) is 5.32 Å². The second kappa shape index (κ2) is 9.78. The Morgan fingerprint density at radius 2 is 1.72 bits per heavy atom. The van der Waals surface area contributed by atoms with E-state index in [0.29, 0.717) is 22.1 Å². The molecule has 0 atom stereocenters. The summed E-state index contributed by atoms with van der Waals surface area (Å²) in [7, 11) is 1.46. The quantitative estimate of drug-likeness (QED) is 0.444. The number of ether oxygens (including phenoxy) is 1. The number of carbonyl (C=O) groups excluding carboxylic acids is 1. The van der Waals surface area contributed by atoms with Crippen molar-refractivity contribution in [3.05, 3.63) is 16.0 Å². The number of hydrogen-bond donors (Lipinski definition) is 2. The van der Waals surface area contributed by atoms with Crippen LogP contribution in [-0.4, -0.2) is 24.2 Å². The second-order valence-electron chi connectivity index (χ2n) is 9.63. The first-order valence-corrected chi connectivity index (χ1v) is 12.3. The monoisotopic (exact) mass is 436 g/mol. The molecule has 0 aliphatic heterocycles. The van der Waals surface area contributed by atoms with Gasteiger partial charge in [0.25, 0.3) is 0 Å². The lowest BCUT2D eigenvalue weighted by Crippen LogP contribution is -2.41. The van der Waals surface area contributed by atoms with E-state index in [-0.39, 0.29) is 5.97 Å². The number of nitrogens with one attached hydrogen (secondary N) is 2. The number of thiophene rings is 1. The Morgan fingerprint density at radius 3 is 2.34 bits per heavy atom. The Bertz CT molecular complexity index is 728. The van der Waals surface area contributed by atoms with Gasteiger partial charge in [0.15, 0.2) is 5.11 Å². The zero-order chi connectivity index (χ0) is 21.0. The van der Waals surface area contributed by atoms with E-state index in [1.165, 1.54) is 49.7 Å². The van der Waals surface area contributed by atoms with E-state index in [2.05, 4.69) is 31.4 Å². The third-order valence-corrected chi connectivity index (χ3v) is 8.00. The van der Waals surface area contributed by atoms with Crippen molar-refractivity contribution in [2.75, 3.05) is 12.4 Å². The Labute approximate surface area is 185 Å². The number of thiocarbonyl (C=S) groups is 1. The predicted octanol–water partition coefficient (Wildman–Crippen LogP) is 6.09. The number of hydrogen-bond acceptors (Lipinski definition) is 4. The van der Waals surface area contributed by atoms with Crippen LogP contribution in [0.3, 0.4) is 0 Å². The summed E-state index contributed by atoms with van der Waals surface area (Å²) >= 11 is 7.31. The molecule has 2 N–H and O–H groups in total. The Morgan fingerprint density at radius 1 is 1.07 bits per heavy atom. The van der Waals surface area contributed by atoms with Gasteiger partial charge in [0, 0.05) is 10.9 Å². The molecule has 3 rings (SSSR count). The fourth-order valence-corrected chi connectivity index (χ4v) is 6.37.